The normalized spacial score (nSPS) is 8.22. The average molecular weight is 157 g/mol. The monoisotopic (exact) mass is 157 g/mol. The Morgan fingerprint density at radius 2 is 2.11 bits per heavy atom. The Balaban J connectivity index is 0.000000640. The molecule has 0 N–H and O–H groups in total. The largest absolute Gasteiger partial charge is 0.388 e. The van der Waals surface area contributed by atoms with Crippen LogP contribution in [0, 0.1) is 19.9 Å². The van der Waals surface area contributed by atoms with Crippen molar-refractivity contribution in [2.24, 2.45) is 0 Å². The quantitative estimate of drug-likeness (QED) is 0.520. The molecule has 0 unspecified atom stereocenters. The van der Waals surface area contributed by atoms with Gasteiger partial charge in [-0.3, -0.25) is 0 Å². The predicted molar refractivity (Wildman–Crippen MR) is 32.5 cm³/mol. The topological polar surface area (TPSA) is 12.9 Å². The Morgan fingerprint density at radius 3 is 2.44 bits per heavy atom. The molecule has 0 aliphatic rings. The third kappa shape index (κ3) is 2.21. The van der Waals surface area contributed by atoms with Crippen LogP contribution in [0.1, 0.15) is 11.3 Å². The van der Waals surface area contributed by atoms with Gasteiger partial charge in [0, 0.05) is 18.6 Å². The van der Waals surface area contributed by atoms with Crippen LogP contribution in [0.3, 0.4) is 0 Å². The molecule has 1 radical (unpaired) electrons. The predicted octanol–water partition coefficient (Wildman–Crippen LogP) is 1.50. The van der Waals surface area contributed by atoms with Gasteiger partial charge in [-0.15, -0.1) is 5.56 Å². The van der Waals surface area contributed by atoms with Crippen molar-refractivity contribution in [3.8, 4) is 0 Å². The van der Waals surface area contributed by atoms with Crippen LogP contribution < -0.4 is 0 Å². The van der Waals surface area contributed by atoms with Crippen molar-refractivity contribution in [1.29, 1.82) is 0 Å². The number of pyridine rings is 1. The molecular formula is C7H8NV-. The second-order valence-electron chi connectivity index (χ2n) is 1.80. The molecule has 0 bridgehead atoms. The summed E-state index contributed by atoms with van der Waals surface area (Å²) in [4.78, 5) is 4.05. The average Bonchev–Trinajstić information content (AvgIpc) is 1.77. The van der Waals surface area contributed by atoms with E-state index in [0.717, 1.165) is 11.3 Å². The molecule has 1 aromatic heterocycles. The van der Waals surface area contributed by atoms with Gasteiger partial charge in [0.15, 0.2) is 0 Å². The fourth-order valence-electron chi connectivity index (χ4n) is 0.513. The van der Waals surface area contributed by atoms with Gasteiger partial charge in [0.05, 0.1) is 0 Å². The molecule has 0 amide bonds. The number of rotatable bonds is 0. The molecule has 0 aromatic carbocycles. The molecule has 1 rings (SSSR count). The van der Waals surface area contributed by atoms with Crippen molar-refractivity contribution >= 4 is 0 Å². The van der Waals surface area contributed by atoms with Crippen LogP contribution in [0.2, 0.25) is 0 Å². The number of nitrogens with zero attached hydrogens (tertiary/aromatic N) is 1. The third-order valence-corrected chi connectivity index (χ3v) is 1.19. The van der Waals surface area contributed by atoms with E-state index >= 15 is 0 Å². The van der Waals surface area contributed by atoms with Crippen molar-refractivity contribution in [1.82, 2.24) is 4.98 Å². The molecule has 9 heavy (non-hydrogen) atoms. The Labute approximate surface area is 67.4 Å². The number of aromatic nitrogens is 1. The van der Waals surface area contributed by atoms with Gasteiger partial charge in [0.25, 0.3) is 0 Å². The van der Waals surface area contributed by atoms with Crippen molar-refractivity contribution < 1.29 is 18.6 Å². The van der Waals surface area contributed by atoms with E-state index in [1.54, 1.807) is 6.20 Å². The van der Waals surface area contributed by atoms with Gasteiger partial charge in [-0.25, -0.2) is 0 Å². The van der Waals surface area contributed by atoms with Gasteiger partial charge in [-0.1, -0.05) is 25.7 Å². The zero-order valence-electron chi connectivity index (χ0n) is 5.55. The molecule has 2 heteroatoms. The first-order chi connectivity index (χ1) is 3.80. The van der Waals surface area contributed by atoms with Crippen LogP contribution in [-0.4, -0.2) is 4.98 Å². The second kappa shape index (κ2) is 3.70. The van der Waals surface area contributed by atoms with Gasteiger partial charge in [0.1, 0.15) is 0 Å². The summed E-state index contributed by atoms with van der Waals surface area (Å²) in [7, 11) is 0. The second-order valence-corrected chi connectivity index (χ2v) is 1.80. The van der Waals surface area contributed by atoms with Gasteiger partial charge in [-0.05, 0) is 0 Å². The molecule has 47 valence electrons. The molecule has 0 spiro atoms. The SMILES string of the molecule is Cc1[c-]ccnc1C.[V]. The van der Waals surface area contributed by atoms with Crippen LogP contribution in [0.5, 0.6) is 0 Å². The van der Waals surface area contributed by atoms with Crippen LogP contribution in [0.4, 0.5) is 0 Å². The zero-order chi connectivity index (χ0) is 5.98. The first-order valence-electron chi connectivity index (χ1n) is 2.60. The fourth-order valence-corrected chi connectivity index (χ4v) is 0.513. The molecule has 0 atom stereocenters. The maximum absolute atomic E-state index is 4.05. The minimum atomic E-state index is 0. The molecule has 0 fully saturated rings. The zero-order valence-corrected chi connectivity index (χ0v) is 6.95. The molecule has 0 aliphatic carbocycles. The maximum Gasteiger partial charge on any atom is 0 e. The third-order valence-electron chi connectivity index (χ3n) is 1.19. The molecule has 1 nitrogen and oxygen atoms in total. The van der Waals surface area contributed by atoms with Crippen LogP contribution in [0.25, 0.3) is 0 Å². The molecular weight excluding hydrogens is 149 g/mol. The molecule has 1 aromatic rings. The van der Waals surface area contributed by atoms with Crippen LogP contribution >= 0.6 is 0 Å². The van der Waals surface area contributed by atoms with E-state index in [-0.39, 0.29) is 18.6 Å². The van der Waals surface area contributed by atoms with Gasteiger partial charge in [0.2, 0.25) is 0 Å². The van der Waals surface area contributed by atoms with E-state index in [4.69, 9.17) is 0 Å². The van der Waals surface area contributed by atoms with Crippen molar-refractivity contribution in [3.05, 3.63) is 29.6 Å². The smallest absolute Gasteiger partial charge is 0 e. The van der Waals surface area contributed by atoms with Crippen LogP contribution in [-0.2, 0) is 18.6 Å². The summed E-state index contributed by atoms with van der Waals surface area (Å²) in [6.07, 6.45) is 1.75. The Kier molecular flexibility index (Phi) is 3.59. The Hall–Kier alpha value is -0.266. The van der Waals surface area contributed by atoms with E-state index in [2.05, 4.69) is 11.1 Å². The summed E-state index contributed by atoms with van der Waals surface area (Å²) in [6, 6.07) is 4.86. The summed E-state index contributed by atoms with van der Waals surface area (Å²) in [5.74, 6) is 0. The number of hydrogen-bond donors (Lipinski definition) is 0. The van der Waals surface area contributed by atoms with Crippen LogP contribution in [0.15, 0.2) is 12.3 Å². The summed E-state index contributed by atoms with van der Waals surface area (Å²) in [6.45, 7) is 3.98. The summed E-state index contributed by atoms with van der Waals surface area (Å²) < 4.78 is 0. The summed E-state index contributed by atoms with van der Waals surface area (Å²) >= 11 is 0. The Bertz CT molecular complexity index is 165. The van der Waals surface area contributed by atoms with E-state index in [0.29, 0.717) is 0 Å². The van der Waals surface area contributed by atoms with E-state index in [9.17, 15) is 0 Å². The maximum atomic E-state index is 4.05. The standard InChI is InChI=1S/C7H8N.V/c1-6-4-3-5-8-7(6)2;/h3,5H,1-2H3;/q-1;. The van der Waals surface area contributed by atoms with Gasteiger partial charge in [-0.2, -0.15) is 12.1 Å². The summed E-state index contributed by atoms with van der Waals surface area (Å²) in [5.41, 5.74) is 2.19. The minimum Gasteiger partial charge on any atom is -0.388 e. The van der Waals surface area contributed by atoms with E-state index in [1.165, 1.54) is 0 Å². The molecule has 1 heterocycles. The van der Waals surface area contributed by atoms with E-state index in [1.807, 2.05) is 19.9 Å². The fraction of sp³-hybridized carbons (Fsp3) is 0.286. The van der Waals surface area contributed by atoms with E-state index < -0.39 is 0 Å². The van der Waals surface area contributed by atoms with Crippen molar-refractivity contribution in [2.45, 2.75) is 13.8 Å². The minimum absolute atomic E-state index is 0. The van der Waals surface area contributed by atoms with Crippen molar-refractivity contribution in [2.75, 3.05) is 0 Å². The first kappa shape index (κ1) is 8.73. The number of aryl methyl sites for hydroxylation is 2. The van der Waals surface area contributed by atoms with Crippen molar-refractivity contribution in [3.63, 3.8) is 0 Å². The first-order valence-corrected chi connectivity index (χ1v) is 2.60. The van der Waals surface area contributed by atoms with Gasteiger partial charge < -0.3 is 4.98 Å². The van der Waals surface area contributed by atoms with Gasteiger partial charge >= 0.3 is 0 Å². The molecule has 0 saturated carbocycles. The summed E-state index contributed by atoms with van der Waals surface area (Å²) in [5, 5.41) is 0. The Morgan fingerprint density at radius 1 is 1.44 bits per heavy atom. The number of hydrogen-bond acceptors (Lipinski definition) is 1. The molecule has 0 saturated heterocycles. The molecule has 0 aliphatic heterocycles.